The largest absolute Gasteiger partial charge is 0.508 e. The molecule has 0 aliphatic carbocycles. The normalized spacial score (nSPS) is 33.7. The molecular formula is C58H72N10O10. The van der Waals surface area contributed by atoms with Crippen molar-refractivity contribution in [1.29, 1.82) is 0 Å². The number of phenolic OH excluding ortho intramolecular Hbond substituents is 1. The molecule has 0 saturated carbocycles. The number of benzene rings is 3. The Morgan fingerprint density at radius 1 is 0.603 bits per heavy atom. The Hall–Kier alpha value is -7.06. The van der Waals surface area contributed by atoms with E-state index in [-0.39, 0.29) is 49.9 Å². The van der Waals surface area contributed by atoms with Crippen LogP contribution < -0.4 is 36.4 Å². The van der Waals surface area contributed by atoms with Gasteiger partial charge in [-0.25, -0.2) is 0 Å². The quantitative estimate of drug-likeness (QED) is 0.180. The van der Waals surface area contributed by atoms with Gasteiger partial charge in [0.05, 0.1) is 11.7 Å². The van der Waals surface area contributed by atoms with Gasteiger partial charge >= 0.3 is 0 Å². The zero-order chi connectivity index (χ0) is 55.3. The molecule has 6 saturated heterocycles. The van der Waals surface area contributed by atoms with Crippen LogP contribution >= 0.6 is 0 Å². The van der Waals surface area contributed by atoms with Crippen LogP contribution in [0.4, 0.5) is 11.4 Å². The average Bonchev–Trinajstić information content (AvgIpc) is 2.26. The molecule has 8 heterocycles. The van der Waals surface area contributed by atoms with Crippen LogP contribution in [0.15, 0.2) is 72.8 Å². The van der Waals surface area contributed by atoms with Crippen molar-refractivity contribution in [1.82, 2.24) is 41.3 Å². The number of phenols is 1. The molecule has 3 aromatic rings. The molecule has 8 amide bonds. The number of nitrogens with zero attached hydrogens (tertiary/aromatic N) is 5. The predicted octanol–water partition coefficient (Wildman–Crippen LogP) is 2.20. The molecule has 414 valence electrons. The first-order chi connectivity index (χ1) is 37.3. The lowest BCUT2D eigenvalue weighted by Crippen LogP contribution is -2.73. The number of aliphatic hydroxyl groups is 1. The maximum absolute atomic E-state index is 15.7. The van der Waals surface area contributed by atoms with Gasteiger partial charge in [-0.3, -0.25) is 48.6 Å². The van der Waals surface area contributed by atoms with Gasteiger partial charge in [0.15, 0.2) is 0 Å². The standard InChI is InChI=1S/C58H72N10O10/c1-7-31(5)45-50(73)59-38-28-57(35-15-9-11-17-39(35)66-52(75)43(67(51(38)74)56(57)66)27-33-21-23-34(69)24-22-33)68-40-18-12-10-16-36(40)58(78)29-37(60-55(58)68)47(70)63-46(32(6)8-2)54(77)65-26-14-19-41(65)48(71)61-44(30(3)4)53(76)64-25-13-20-42(64)49(72)62-45/h9-12,15-18,21-24,30-32,37-38,41-46,55-56,60,69,78H,7-8,13-14,19-20,25-29H2,1-6H3,(H,59,73)(H,61,71)(H,62,72)(H,63,70). The smallest absolute Gasteiger partial charge is 0.252 e. The van der Waals surface area contributed by atoms with Crippen molar-refractivity contribution in [3.05, 3.63) is 89.5 Å². The Morgan fingerprint density at radius 2 is 1.17 bits per heavy atom. The summed E-state index contributed by atoms with van der Waals surface area (Å²) in [7, 11) is 0. The van der Waals surface area contributed by atoms with Gasteiger partial charge in [-0.1, -0.05) is 103 Å². The summed E-state index contributed by atoms with van der Waals surface area (Å²) in [4.78, 5) is 128. The first-order valence-electron chi connectivity index (χ1n) is 28.1. The lowest BCUT2D eigenvalue weighted by molar-refractivity contribution is -0.148. The van der Waals surface area contributed by atoms with Crippen LogP contribution in [0.1, 0.15) is 110 Å². The number of rotatable bonds is 7. The van der Waals surface area contributed by atoms with Crippen LogP contribution in [0.2, 0.25) is 0 Å². The summed E-state index contributed by atoms with van der Waals surface area (Å²) in [5.41, 5.74) is -0.289. The van der Waals surface area contributed by atoms with Crippen molar-refractivity contribution in [2.45, 2.75) is 171 Å². The summed E-state index contributed by atoms with van der Waals surface area (Å²) in [6, 6.07) is 12.3. The monoisotopic (exact) mass is 1070 g/mol. The second-order valence-electron chi connectivity index (χ2n) is 23.4. The zero-order valence-corrected chi connectivity index (χ0v) is 45.1. The number of carbonyl (C=O) groups excluding carboxylic acids is 8. The Kier molecular flexibility index (Phi) is 13.6. The van der Waals surface area contributed by atoms with Crippen molar-refractivity contribution < 1.29 is 48.6 Å². The number of fused-ring (bicyclic) bond motifs is 9. The summed E-state index contributed by atoms with van der Waals surface area (Å²) in [5.74, 6) is -5.34. The minimum Gasteiger partial charge on any atom is -0.508 e. The third-order valence-corrected chi connectivity index (χ3v) is 18.6. The number of amides is 8. The fraction of sp³-hybridized carbons (Fsp3) is 0.552. The summed E-state index contributed by atoms with van der Waals surface area (Å²) in [6.45, 7) is 11.5. The van der Waals surface area contributed by atoms with Crippen LogP contribution in [0.25, 0.3) is 0 Å². The number of carbonyl (C=O) groups is 8. The summed E-state index contributed by atoms with van der Waals surface area (Å²) < 4.78 is 0. The lowest BCUT2D eigenvalue weighted by atomic mass is 9.76. The molecule has 0 radical (unpaired) electrons. The van der Waals surface area contributed by atoms with Gasteiger partial charge in [0.1, 0.15) is 71.5 Å². The zero-order valence-electron chi connectivity index (χ0n) is 45.1. The van der Waals surface area contributed by atoms with E-state index in [1.165, 1.54) is 21.9 Å². The molecule has 20 nitrogen and oxygen atoms in total. The van der Waals surface area contributed by atoms with E-state index in [0.29, 0.717) is 66.6 Å². The number of hydrogen-bond donors (Lipinski definition) is 7. The molecule has 1 spiro atoms. The van der Waals surface area contributed by atoms with Gasteiger partial charge in [-0.2, -0.15) is 0 Å². The summed E-state index contributed by atoms with van der Waals surface area (Å²) >= 11 is 0. The van der Waals surface area contributed by atoms with Crippen molar-refractivity contribution in [3.63, 3.8) is 0 Å². The second-order valence-corrected chi connectivity index (χ2v) is 23.4. The topological polar surface area (TPSA) is 253 Å². The van der Waals surface area contributed by atoms with Gasteiger partial charge in [0.25, 0.3) is 5.91 Å². The Morgan fingerprint density at radius 3 is 1.79 bits per heavy atom. The Balaban J connectivity index is 1.06. The molecule has 14 atom stereocenters. The average molecular weight is 1070 g/mol. The fourth-order valence-electron chi connectivity index (χ4n) is 14.2. The number of nitrogens with one attached hydrogen (secondary N) is 5. The van der Waals surface area contributed by atoms with Gasteiger partial charge in [0, 0.05) is 49.2 Å². The third kappa shape index (κ3) is 8.20. The van der Waals surface area contributed by atoms with E-state index in [0.717, 1.165) is 0 Å². The van der Waals surface area contributed by atoms with E-state index in [1.807, 2.05) is 69.0 Å². The molecule has 14 unspecified atom stereocenters. The summed E-state index contributed by atoms with van der Waals surface area (Å²) in [6.07, 6.45) is 0.236. The predicted molar refractivity (Wildman–Crippen MR) is 286 cm³/mol. The van der Waals surface area contributed by atoms with Gasteiger partial charge in [-0.15, -0.1) is 0 Å². The van der Waals surface area contributed by atoms with Crippen molar-refractivity contribution in [3.8, 4) is 5.75 Å². The maximum atomic E-state index is 15.7. The molecule has 20 heteroatoms. The lowest BCUT2D eigenvalue weighted by Gasteiger charge is -2.54. The first kappa shape index (κ1) is 53.0. The van der Waals surface area contributed by atoms with Crippen LogP contribution in [-0.4, -0.2) is 146 Å². The molecule has 6 fully saturated rings. The minimum atomic E-state index is -1.76. The Bertz CT molecular complexity index is 2960. The summed E-state index contributed by atoms with van der Waals surface area (Å²) in [5, 5.41) is 39.3. The molecule has 8 aliphatic heterocycles. The van der Waals surface area contributed by atoms with Crippen LogP contribution in [-0.2, 0) is 55.9 Å². The van der Waals surface area contributed by atoms with Crippen LogP contribution in [0, 0.1) is 17.8 Å². The fourth-order valence-corrected chi connectivity index (χ4v) is 14.2. The van der Waals surface area contributed by atoms with E-state index in [2.05, 4.69) is 26.6 Å². The van der Waals surface area contributed by atoms with Gasteiger partial charge in [-0.05, 0) is 73.3 Å². The van der Waals surface area contributed by atoms with Crippen LogP contribution in [0.5, 0.6) is 5.75 Å². The van der Waals surface area contributed by atoms with E-state index in [9.17, 15) is 29.4 Å². The molecule has 3 aromatic carbocycles. The SMILES string of the molecule is CCC(C)C1NC(=O)C2CCCN2C(=O)C(C(C)C)NC(=O)C2CCCN2C(=O)C(C(C)CC)NC(=O)C2CC3(O)c4ccccc4N(C3N2)C23CC(NC1=O)C(=O)N1C(Cc4ccc(O)cc4)C(=O)N(c4ccccc42)C13. The second kappa shape index (κ2) is 20.0. The van der Waals surface area contributed by atoms with Crippen LogP contribution in [0.3, 0.4) is 0 Å². The number of piperidine rings is 1. The number of aromatic hydroxyl groups is 1. The molecule has 0 aromatic heterocycles. The molecular weight excluding hydrogens is 997 g/mol. The van der Waals surface area contributed by atoms with E-state index >= 15 is 19.2 Å². The van der Waals surface area contributed by atoms with E-state index < -0.39 is 125 Å². The number of hydrogen-bond acceptors (Lipinski definition) is 12. The number of anilines is 2. The molecule has 78 heavy (non-hydrogen) atoms. The molecule has 11 rings (SSSR count). The molecule has 7 N–H and O–H groups in total. The van der Waals surface area contributed by atoms with Crippen molar-refractivity contribution >= 4 is 58.6 Å². The highest BCUT2D eigenvalue weighted by Gasteiger charge is 2.73. The molecule has 8 aliphatic rings. The maximum Gasteiger partial charge on any atom is 0.252 e. The minimum absolute atomic E-state index is 0.0259. The highest BCUT2D eigenvalue weighted by Crippen LogP contribution is 2.63. The van der Waals surface area contributed by atoms with Gasteiger partial charge in [0.2, 0.25) is 41.4 Å². The highest BCUT2D eigenvalue weighted by molar-refractivity contribution is 6.09. The third-order valence-electron chi connectivity index (χ3n) is 18.6. The Labute approximate surface area is 454 Å². The van der Waals surface area contributed by atoms with Gasteiger partial charge < -0.3 is 51.1 Å². The van der Waals surface area contributed by atoms with E-state index in [4.69, 9.17) is 0 Å². The first-order valence-corrected chi connectivity index (χ1v) is 28.1. The van der Waals surface area contributed by atoms with Crippen molar-refractivity contribution in [2.24, 2.45) is 17.8 Å². The highest BCUT2D eigenvalue weighted by atomic mass is 16.3. The molecule has 4 bridgehead atoms. The number of para-hydroxylation sites is 2. The van der Waals surface area contributed by atoms with E-state index in [1.54, 1.807) is 47.9 Å². The van der Waals surface area contributed by atoms with Crippen molar-refractivity contribution in [2.75, 3.05) is 22.9 Å².